The standard InChI is InChI=1S/C12H13N3O3/c1-7(16)6-13-12(18)10-14-9-5-3-2-4-8(9)11(17)15-10/h2-5,7,16H,6H2,1H3,(H,13,18)(H,14,15,17)/t7-/m0/s1. The molecule has 1 heterocycles. The summed E-state index contributed by atoms with van der Waals surface area (Å²) in [7, 11) is 0. The first-order valence-electron chi connectivity index (χ1n) is 5.53. The predicted octanol–water partition coefficient (Wildman–Crippen LogP) is 0.0337. The van der Waals surface area contributed by atoms with Crippen molar-refractivity contribution in [2.45, 2.75) is 13.0 Å². The number of H-pyrrole nitrogens is 1. The minimum atomic E-state index is -0.652. The van der Waals surface area contributed by atoms with E-state index in [2.05, 4.69) is 15.3 Å². The first kappa shape index (κ1) is 12.3. The first-order chi connectivity index (χ1) is 8.58. The Labute approximate surface area is 103 Å². The molecule has 0 aliphatic carbocycles. The van der Waals surface area contributed by atoms with E-state index in [9.17, 15) is 9.59 Å². The van der Waals surface area contributed by atoms with E-state index in [4.69, 9.17) is 5.11 Å². The van der Waals surface area contributed by atoms with E-state index in [0.717, 1.165) is 0 Å². The molecule has 0 aliphatic heterocycles. The summed E-state index contributed by atoms with van der Waals surface area (Å²) in [5, 5.41) is 12.0. The number of amides is 1. The SMILES string of the molecule is C[C@H](O)CNC(=O)c1nc2ccccc2c(=O)[nH]1. The van der Waals surface area contributed by atoms with Crippen molar-refractivity contribution in [2.24, 2.45) is 0 Å². The Morgan fingerprint density at radius 1 is 1.50 bits per heavy atom. The fourth-order valence-corrected chi connectivity index (χ4v) is 1.52. The molecule has 2 aromatic rings. The van der Waals surface area contributed by atoms with E-state index in [1.54, 1.807) is 31.2 Å². The molecule has 2 rings (SSSR count). The average molecular weight is 247 g/mol. The average Bonchev–Trinajstić information content (AvgIpc) is 2.36. The van der Waals surface area contributed by atoms with Gasteiger partial charge in [-0.3, -0.25) is 9.59 Å². The van der Waals surface area contributed by atoms with Crippen molar-refractivity contribution >= 4 is 16.8 Å². The van der Waals surface area contributed by atoms with E-state index < -0.39 is 12.0 Å². The molecule has 0 bridgehead atoms. The third-order valence-corrected chi connectivity index (χ3v) is 2.39. The molecule has 0 radical (unpaired) electrons. The van der Waals surface area contributed by atoms with Gasteiger partial charge in [-0.05, 0) is 19.1 Å². The molecular formula is C12H13N3O3. The lowest BCUT2D eigenvalue weighted by Crippen LogP contribution is -2.33. The third-order valence-electron chi connectivity index (χ3n) is 2.39. The molecule has 0 spiro atoms. The Morgan fingerprint density at radius 2 is 2.22 bits per heavy atom. The van der Waals surface area contributed by atoms with Crippen molar-refractivity contribution in [1.29, 1.82) is 0 Å². The molecule has 18 heavy (non-hydrogen) atoms. The Balaban J connectivity index is 2.35. The summed E-state index contributed by atoms with van der Waals surface area (Å²) in [6.07, 6.45) is -0.652. The van der Waals surface area contributed by atoms with Crippen LogP contribution in [-0.4, -0.2) is 33.6 Å². The Bertz CT molecular complexity index is 634. The number of nitrogens with one attached hydrogen (secondary N) is 2. The highest BCUT2D eigenvalue weighted by Crippen LogP contribution is 2.05. The summed E-state index contributed by atoms with van der Waals surface area (Å²) < 4.78 is 0. The van der Waals surface area contributed by atoms with Crippen molar-refractivity contribution < 1.29 is 9.90 Å². The molecule has 0 fully saturated rings. The largest absolute Gasteiger partial charge is 0.392 e. The quantitative estimate of drug-likeness (QED) is 0.713. The summed E-state index contributed by atoms with van der Waals surface area (Å²) in [5.41, 5.74) is 0.103. The van der Waals surface area contributed by atoms with Gasteiger partial charge in [-0.25, -0.2) is 4.98 Å². The Kier molecular flexibility index (Phi) is 3.38. The maximum Gasteiger partial charge on any atom is 0.287 e. The van der Waals surface area contributed by atoms with Crippen LogP contribution in [0.25, 0.3) is 10.9 Å². The summed E-state index contributed by atoms with van der Waals surface area (Å²) in [6.45, 7) is 1.66. The van der Waals surface area contributed by atoms with Crippen LogP contribution in [0.1, 0.15) is 17.5 Å². The second kappa shape index (κ2) is 4.97. The number of aromatic nitrogens is 2. The summed E-state index contributed by atoms with van der Waals surface area (Å²) in [6, 6.07) is 6.77. The van der Waals surface area contributed by atoms with Crippen LogP contribution in [0.3, 0.4) is 0 Å². The molecule has 0 saturated heterocycles. The van der Waals surface area contributed by atoms with Crippen molar-refractivity contribution in [1.82, 2.24) is 15.3 Å². The maximum absolute atomic E-state index is 11.7. The molecule has 0 unspecified atom stereocenters. The second-order valence-electron chi connectivity index (χ2n) is 3.99. The van der Waals surface area contributed by atoms with Crippen molar-refractivity contribution in [3.05, 3.63) is 40.4 Å². The van der Waals surface area contributed by atoms with E-state index in [0.29, 0.717) is 10.9 Å². The zero-order chi connectivity index (χ0) is 13.1. The predicted molar refractivity (Wildman–Crippen MR) is 66.4 cm³/mol. The molecule has 1 amide bonds. The fraction of sp³-hybridized carbons (Fsp3) is 0.250. The first-order valence-corrected chi connectivity index (χ1v) is 5.53. The van der Waals surface area contributed by atoms with Crippen LogP contribution < -0.4 is 10.9 Å². The van der Waals surface area contributed by atoms with Gasteiger partial charge >= 0.3 is 0 Å². The number of aliphatic hydroxyl groups excluding tert-OH is 1. The van der Waals surface area contributed by atoms with Gasteiger partial charge < -0.3 is 15.4 Å². The lowest BCUT2D eigenvalue weighted by Gasteiger charge is -2.06. The van der Waals surface area contributed by atoms with Gasteiger partial charge in [0, 0.05) is 6.54 Å². The zero-order valence-corrected chi connectivity index (χ0v) is 9.80. The highest BCUT2D eigenvalue weighted by molar-refractivity contribution is 5.92. The van der Waals surface area contributed by atoms with Gasteiger partial charge in [0.1, 0.15) is 0 Å². The van der Waals surface area contributed by atoms with Crippen molar-refractivity contribution in [2.75, 3.05) is 6.54 Å². The van der Waals surface area contributed by atoms with Gasteiger partial charge in [-0.2, -0.15) is 0 Å². The van der Waals surface area contributed by atoms with E-state index in [1.807, 2.05) is 0 Å². The number of benzene rings is 1. The number of fused-ring (bicyclic) bond motifs is 1. The maximum atomic E-state index is 11.7. The van der Waals surface area contributed by atoms with Crippen LogP contribution >= 0.6 is 0 Å². The van der Waals surface area contributed by atoms with Gasteiger partial charge in [0.15, 0.2) is 5.82 Å². The second-order valence-corrected chi connectivity index (χ2v) is 3.99. The van der Waals surface area contributed by atoms with Gasteiger partial charge in [0.05, 0.1) is 17.0 Å². The smallest absolute Gasteiger partial charge is 0.287 e. The van der Waals surface area contributed by atoms with Gasteiger partial charge in [0.25, 0.3) is 11.5 Å². The fourth-order valence-electron chi connectivity index (χ4n) is 1.52. The van der Waals surface area contributed by atoms with Crippen LogP contribution in [0.2, 0.25) is 0 Å². The lowest BCUT2D eigenvalue weighted by molar-refractivity contribution is 0.0914. The van der Waals surface area contributed by atoms with Crippen LogP contribution in [0, 0.1) is 0 Å². The molecular weight excluding hydrogens is 234 g/mol. The summed E-state index contributed by atoms with van der Waals surface area (Å²) >= 11 is 0. The van der Waals surface area contributed by atoms with E-state index in [1.165, 1.54) is 0 Å². The topological polar surface area (TPSA) is 95.1 Å². The molecule has 94 valence electrons. The number of aliphatic hydroxyl groups is 1. The molecule has 0 saturated carbocycles. The monoisotopic (exact) mass is 247 g/mol. The number of para-hydroxylation sites is 1. The minimum Gasteiger partial charge on any atom is -0.392 e. The number of carbonyl (C=O) groups is 1. The number of hydrogen-bond donors (Lipinski definition) is 3. The number of nitrogens with zero attached hydrogens (tertiary/aromatic N) is 1. The van der Waals surface area contributed by atoms with Crippen LogP contribution in [0.15, 0.2) is 29.1 Å². The molecule has 0 aliphatic rings. The molecule has 6 nitrogen and oxygen atoms in total. The molecule has 1 aromatic heterocycles. The molecule has 1 aromatic carbocycles. The Morgan fingerprint density at radius 3 is 2.94 bits per heavy atom. The van der Waals surface area contributed by atoms with E-state index in [-0.39, 0.29) is 17.9 Å². The lowest BCUT2D eigenvalue weighted by atomic mass is 10.2. The molecule has 1 atom stereocenters. The summed E-state index contributed by atoms with van der Waals surface area (Å²) in [5.74, 6) is -0.571. The van der Waals surface area contributed by atoms with Crippen LogP contribution in [0.5, 0.6) is 0 Å². The number of hydrogen-bond acceptors (Lipinski definition) is 4. The highest BCUT2D eigenvalue weighted by atomic mass is 16.3. The zero-order valence-electron chi connectivity index (χ0n) is 9.80. The van der Waals surface area contributed by atoms with Gasteiger partial charge in [0.2, 0.25) is 0 Å². The van der Waals surface area contributed by atoms with Crippen molar-refractivity contribution in [3.63, 3.8) is 0 Å². The van der Waals surface area contributed by atoms with Crippen molar-refractivity contribution in [3.8, 4) is 0 Å². The third kappa shape index (κ3) is 2.54. The highest BCUT2D eigenvalue weighted by Gasteiger charge is 2.11. The number of carbonyl (C=O) groups excluding carboxylic acids is 1. The molecule has 6 heteroatoms. The van der Waals surface area contributed by atoms with Gasteiger partial charge in [-0.15, -0.1) is 0 Å². The molecule has 3 N–H and O–H groups in total. The van der Waals surface area contributed by atoms with Crippen LogP contribution in [0.4, 0.5) is 0 Å². The normalized spacial score (nSPS) is 12.3. The van der Waals surface area contributed by atoms with Gasteiger partial charge in [-0.1, -0.05) is 12.1 Å². The Hall–Kier alpha value is -2.21. The number of aromatic amines is 1. The summed E-state index contributed by atoms with van der Waals surface area (Å²) in [4.78, 5) is 29.9. The van der Waals surface area contributed by atoms with E-state index >= 15 is 0 Å². The minimum absolute atomic E-state index is 0.0562. The number of rotatable bonds is 3. The van der Waals surface area contributed by atoms with Crippen LogP contribution in [-0.2, 0) is 0 Å².